The van der Waals surface area contributed by atoms with Gasteiger partial charge in [0.15, 0.2) is 0 Å². The lowest BCUT2D eigenvalue weighted by atomic mass is 9.32. The van der Waals surface area contributed by atoms with Crippen molar-refractivity contribution in [3.63, 3.8) is 0 Å². The first-order chi connectivity index (χ1) is 19.8. The standard InChI is InChI=1S/C39H56O3/c1-26(2)28-17-22-39(25-42-33(41)16-13-27-11-9-8-10-12-27)24-23-37(6)29(34(28)39)14-15-31-36(5)20-19-32(40)35(3,4)30(36)18-21-38(31,37)7/h8-13,16,28-32,34,40H,1,14-15,17-25H2,2-7H3/t28-,29+,30+,31+,32-,34-,36-,37-,38+,39+/m0/s1. The Morgan fingerprint density at radius 3 is 2.36 bits per heavy atom. The molecule has 1 N–H and O–H groups in total. The number of fused-ring (bicyclic) bond motifs is 7. The van der Waals surface area contributed by atoms with Crippen molar-refractivity contribution in [3.05, 3.63) is 54.1 Å². The molecule has 42 heavy (non-hydrogen) atoms. The van der Waals surface area contributed by atoms with Crippen LogP contribution in [0, 0.1) is 56.7 Å². The number of aliphatic hydroxyl groups is 1. The molecule has 0 amide bonds. The van der Waals surface area contributed by atoms with Gasteiger partial charge in [0.1, 0.15) is 0 Å². The number of ether oxygens (including phenoxy) is 1. The Hall–Kier alpha value is -1.87. The van der Waals surface area contributed by atoms with Crippen LogP contribution in [0.25, 0.3) is 6.08 Å². The molecule has 3 heteroatoms. The third-order valence-corrected chi connectivity index (χ3v) is 14.9. The number of hydrogen-bond acceptors (Lipinski definition) is 3. The number of allylic oxidation sites excluding steroid dienone is 1. The highest BCUT2D eigenvalue weighted by atomic mass is 16.5. The summed E-state index contributed by atoms with van der Waals surface area (Å²) in [5, 5.41) is 11.0. The first-order valence-electron chi connectivity index (χ1n) is 17.0. The molecular formula is C39H56O3. The molecule has 0 saturated heterocycles. The first-order valence-corrected chi connectivity index (χ1v) is 17.0. The van der Waals surface area contributed by atoms with Crippen LogP contribution in [0.4, 0.5) is 0 Å². The minimum absolute atomic E-state index is 0.0108. The lowest BCUT2D eigenvalue weighted by Gasteiger charge is -2.73. The van der Waals surface area contributed by atoms with Crippen molar-refractivity contribution in [2.45, 2.75) is 112 Å². The molecule has 1 aromatic rings. The Balaban J connectivity index is 1.27. The number of aliphatic hydroxyl groups excluding tert-OH is 1. The third kappa shape index (κ3) is 4.33. The molecule has 0 unspecified atom stereocenters. The lowest BCUT2D eigenvalue weighted by Crippen LogP contribution is -2.66. The minimum Gasteiger partial charge on any atom is -0.462 e. The maximum Gasteiger partial charge on any atom is 0.330 e. The largest absolute Gasteiger partial charge is 0.462 e. The summed E-state index contributed by atoms with van der Waals surface area (Å²) < 4.78 is 6.12. The number of rotatable bonds is 5. The molecule has 5 saturated carbocycles. The highest BCUT2D eigenvalue weighted by Gasteiger charge is 2.70. The summed E-state index contributed by atoms with van der Waals surface area (Å²) in [6, 6.07) is 9.99. The maximum absolute atomic E-state index is 12.9. The fourth-order valence-corrected chi connectivity index (χ4v) is 12.5. The molecule has 0 aliphatic heterocycles. The molecule has 0 spiro atoms. The van der Waals surface area contributed by atoms with Crippen LogP contribution >= 0.6 is 0 Å². The highest BCUT2D eigenvalue weighted by Crippen LogP contribution is 2.77. The summed E-state index contributed by atoms with van der Waals surface area (Å²) in [5.74, 6) is 2.76. The summed E-state index contributed by atoms with van der Waals surface area (Å²) in [5.41, 5.74) is 3.26. The molecule has 3 nitrogen and oxygen atoms in total. The fourth-order valence-electron chi connectivity index (χ4n) is 12.5. The van der Waals surface area contributed by atoms with Gasteiger partial charge < -0.3 is 9.84 Å². The summed E-state index contributed by atoms with van der Waals surface area (Å²) in [4.78, 5) is 12.9. The molecule has 0 heterocycles. The van der Waals surface area contributed by atoms with E-state index in [1.54, 1.807) is 6.08 Å². The monoisotopic (exact) mass is 572 g/mol. The minimum atomic E-state index is -0.219. The van der Waals surface area contributed by atoms with E-state index < -0.39 is 0 Å². The fraction of sp³-hybridized carbons (Fsp3) is 0.718. The molecule has 5 fully saturated rings. The van der Waals surface area contributed by atoms with Crippen molar-refractivity contribution >= 4 is 12.0 Å². The van der Waals surface area contributed by atoms with Gasteiger partial charge in [0.25, 0.3) is 0 Å². The SMILES string of the molecule is C=C(C)[C@@H]1CC[C@]2(COC(=O)C=Cc3ccccc3)CC[C@@]3(C)[C@H](CC[C@@H]4[C@@]5(C)CC[C@H](O)C(C)(C)[C@H]5CC[C@]43C)[C@H]12. The quantitative estimate of drug-likeness (QED) is 0.217. The van der Waals surface area contributed by atoms with Crippen LogP contribution in [-0.2, 0) is 9.53 Å². The van der Waals surface area contributed by atoms with E-state index in [9.17, 15) is 9.90 Å². The van der Waals surface area contributed by atoms with Gasteiger partial charge in [-0.2, -0.15) is 0 Å². The smallest absolute Gasteiger partial charge is 0.330 e. The van der Waals surface area contributed by atoms with E-state index in [1.165, 1.54) is 44.1 Å². The highest BCUT2D eigenvalue weighted by molar-refractivity contribution is 5.87. The van der Waals surface area contributed by atoms with Gasteiger partial charge in [-0.15, -0.1) is 0 Å². The van der Waals surface area contributed by atoms with Crippen LogP contribution in [0.3, 0.4) is 0 Å². The van der Waals surface area contributed by atoms with E-state index in [4.69, 9.17) is 4.74 Å². The number of carbonyl (C=O) groups is 1. The van der Waals surface area contributed by atoms with E-state index in [2.05, 4.69) is 48.1 Å². The Morgan fingerprint density at radius 1 is 0.905 bits per heavy atom. The van der Waals surface area contributed by atoms with Gasteiger partial charge in [0, 0.05) is 11.5 Å². The molecular weight excluding hydrogens is 516 g/mol. The molecule has 0 radical (unpaired) electrons. The molecule has 5 aliphatic carbocycles. The summed E-state index contributed by atoms with van der Waals surface area (Å²) in [7, 11) is 0. The zero-order valence-electron chi connectivity index (χ0n) is 27.3. The van der Waals surface area contributed by atoms with E-state index in [1.807, 2.05) is 36.4 Å². The van der Waals surface area contributed by atoms with Gasteiger partial charge in [-0.3, -0.25) is 0 Å². The molecule has 1 aromatic carbocycles. The third-order valence-electron chi connectivity index (χ3n) is 14.9. The van der Waals surface area contributed by atoms with Gasteiger partial charge in [-0.05, 0) is 134 Å². The Morgan fingerprint density at radius 2 is 1.64 bits per heavy atom. The summed E-state index contributed by atoms with van der Waals surface area (Å²) in [6.45, 7) is 20.0. The first kappa shape index (κ1) is 30.2. The van der Waals surface area contributed by atoms with Crippen LogP contribution in [0.1, 0.15) is 111 Å². The van der Waals surface area contributed by atoms with Crippen molar-refractivity contribution in [2.75, 3.05) is 6.61 Å². The van der Waals surface area contributed by atoms with Gasteiger partial charge in [-0.25, -0.2) is 4.79 Å². The van der Waals surface area contributed by atoms with Crippen LogP contribution in [-0.4, -0.2) is 23.8 Å². The maximum atomic E-state index is 12.9. The normalized spacial score (nSPS) is 45.8. The van der Waals surface area contributed by atoms with Crippen molar-refractivity contribution in [1.82, 2.24) is 0 Å². The predicted octanol–water partition coefficient (Wildman–Crippen LogP) is 9.26. The van der Waals surface area contributed by atoms with E-state index >= 15 is 0 Å². The molecule has 230 valence electrons. The van der Waals surface area contributed by atoms with Crippen molar-refractivity contribution < 1.29 is 14.6 Å². The average molecular weight is 573 g/mol. The second-order valence-corrected chi connectivity index (χ2v) is 16.8. The Labute approximate surface area is 255 Å². The van der Waals surface area contributed by atoms with Crippen LogP contribution < -0.4 is 0 Å². The molecule has 5 aliphatic rings. The number of carbonyl (C=O) groups excluding carboxylic acids is 1. The second kappa shape index (κ2) is 10.4. The Bertz CT molecular complexity index is 1230. The van der Waals surface area contributed by atoms with E-state index in [0.29, 0.717) is 47.0 Å². The lowest BCUT2D eigenvalue weighted by molar-refractivity contribution is -0.249. The van der Waals surface area contributed by atoms with Crippen LogP contribution in [0.2, 0.25) is 0 Å². The molecule has 0 bridgehead atoms. The summed E-state index contributed by atoms with van der Waals surface area (Å²) >= 11 is 0. The number of hydrogen-bond donors (Lipinski definition) is 1. The van der Waals surface area contributed by atoms with E-state index in [-0.39, 0.29) is 28.3 Å². The molecule has 10 atom stereocenters. The topological polar surface area (TPSA) is 46.5 Å². The van der Waals surface area contributed by atoms with Gasteiger partial charge >= 0.3 is 5.97 Å². The summed E-state index contributed by atoms with van der Waals surface area (Å²) in [6.07, 6.45) is 15.2. The van der Waals surface area contributed by atoms with Gasteiger partial charge in [0.05, 0.1) is 12.7 Å². The van der Waals surface area contributed by atoms with Gasteiger partial charge in [0.2, 0.25) is 0 Å². The van der Waals surface area contributed by atoms with Crippen molar-refractivity contribution in [1.29, 1.82) is 0 Å². The molecule has 0 aromatic heterocycles. The van der Waals surface area contributed by atoms with E-state index in [0.717, 1.165) is 31.2 Å². The predicted molar refractivity (Wildman–Crippen MR) is 171 cm³/mol. The zero-order valence-corrected chi connectivity index (χ0v) is 27.3. The average Bonchev–Trinajstić information content (AvgIpc) is 3.34. The number of benzene rings is 1. The van der Waals surface area contributed by atoms with Crippen molar-refractivity contribution in [3.8, 4) is 0 Å². The number of esters is 1. The Kier molecular flexibility index (Phi) is 7.44. The van der Waals surface area contributed by atoms with Crippen molar-refractivity contribution in [2.24, 2.45) is 56.7 Å². The molecule has 6 rings (SSSR count). The van der Waals surface area contributed by atoms with Crippen LogP contribution in [0.15, 0.2) is 48.6 Å². The zero-order chi connectivity index (χ0) is 30.1. The van der Waals surface area contributed by atoms with Gasteiger partial charge in [-0.1, -0.05) is 77.1 Å². The second-order valence-electron chi connectivity index (χ2n) is 16.8. The van der Waals surface area contributed by atoms with Crippen LogP contribution in [0.5, 0.6) is 0 Å².